The van der Waals surface area contributed by atoms with Crippen LogP contribution in [0, 0.1) is 11.7 Å². The number of carbonyl (C=O) groups is 1. The number of aryl methyl sites for hydroxylation is 2. The SMILES string of the molecule is Cn1ncc2c1C[C@H](C(=O)N1CCCSc3ccc(F)cc31)CC2. The van der Waals surface area contributed by atoms with Gasteiger partial charge in [-0.05, 0) is 48.8 Å². The molecule has 0 fully saturated rings. The Bertz CT molecular complexity index is 789. The number of rotatable bonds is 1. The van der Waals surface area contributed by atoms with Gasteiger partial charge in [0.1, 0.15) is 5.82 Å². The van der Waals surface area contributed by atoms with Crippen LogP contribution in [0.2, 0.25) is 0 Å². The summed E-state index contributed by atoms with van der Waals surface area (Å²) in [4.78, 5) is 16.0. The van der Waals surface area contributed by atoms with E-state index in [2.05, 4.69) is 5.10 Å². The van der Waals surface area contributed by atoms with Gasteiger partial charge in [0.25, 0.3) is 0 Å². The molecular formula is C18H20FN3OS. The van der Waals surface area contributed by atoms with Gasteiger partial charge in [-0.3, -0.25) is 9.48 Å². The number of anilines is 1. The predicted molar refractivity (Wildman–Crippen MR) is 92.8 cm³/mol. The van der Waals surface area contributed by atoms with E-state index in [1.165, 1.54) is 17.7 Å². The molecule has 2 aliphatic rings. The highest BCUT2D eigenvalue weighted by Crippen LogP contribution is 2.36. The number of hydrogen-bond donors (Lipinski definition) is 0. The van der Waals surface area contributed by atoms with Gasteiger partial charge in [-0.2, -0.15) is 5.10 Å². The Balaban J connectivity index is 1.63. The lowest BCUT2D eigenvalue weighted by molar-refractivity contribution is -0.122. The summed E-state index contributed by atoms with van der Waals surface area (Å²) in [6, 6.07) is 4.77. The summed E-state index contributed by atoms with van der Waals surface area (Å²) < 4.78 is 15.6. The molecule has 6 heteroatoms. The van der Waals surface area contributed by atoms with E-state index < -0.39 is 0 Å². The molecule has 4 nitrogen and oxygen atoms in total. The summed E-state index contributed by atoms with van der Waals surface area (Å²) in [5.41, 5.74) is 3.14. The zero-order valence-electron chi connectivity index (χ0n) is 13.7. The van der Waals surface area contributed by atoms with Crippen molar-refractivity contribution < 1.29 is 9.18 Å². The van der Waals surface area contributed by atoms with Gasteiger partial charge in [0.15, 0.2) is 0 Å². The van der Waals surface area contributed by atoms with E-state index in [1.807, 2.05) is 22.8 Å². The highest BCUT2D eigenvalue weighted by molar-refractivity contribution is 7.99. The van der Waals surface area contributed by atoms with Gasteiger partial charge < -0.3 is 4.90 Å². The van der Waals surface area contributed by atoms with E-state index in [0.717, 1.165) is 47.7 Å². The average Bonchev–Trinajstić information content (AvgIpc) is 2.83. The van der Waals surface area contributed by atoms with Crippen LogP contribution in [0.1, 0.15) is 24.1 Å². The molecule has 0 saturated carbocycles. The molecule has 126 valence electrons. The first-order chi connectivity index (χ1) is 11.6. The fourth-order valence-corrected chi connectivity index (χ4v) is 4.63. The van der Waals surface area contributed by atoms with Crippen LogP contribution in [-0.2, 0) is 24.7 Å². The van der Waals surface area contributed by atoms with Gasteiger partial charge in [0.05, 0.1) is 11.9 Å². The maximum absolute atomic E-state index is 13.8. The Morgan fingerprint density at radius 2 is 2.29 bits per heavy atom. The highest BCUT2D eigenvalue weighted by atomic mass is 32.2. The summed E-state index contributed by atoms with van der Waals surface area (Å²) in [6.45, 7) is 0.664. The number of fused-ring (bicyclic) bond motifs is 2. The summed E-state index contributed by atoms with van der Waals surface area (Å²) in [5, 5.41) is 4.31. The van der Waals surface area contributed by atoms with Crippen molar-refractivity contribution in [1.29, 1.82) is 0 Å². The van der Waals surface area contributed by atoms with Crippen LogP contribution >= 0.6 is 11.8 Å². The van der Waals surface area contributed by atoms with E-state index in [-0.39, 0.29) is 17.6 Å². The molecule has 1 aliphatic carbocycles. The number of hydrogen-bond acceptors (Lipinski definition) is 3. The van der Waals surface area contributed by atoms with Gasteiger partial charge >= 0.3 is 0 Å². The van der Waals surface area contributed by atoms with Crippen LogP contribution in [0.25, 0.3) is 0 Å². The van der Waals surface area contributed by atoms with Gasteiger partial charge in [0.2, 0.25) is 5.91 Å². The quantitative estimate of drug-likeness (QED) is 0.797. The first-order valence-electron chi connectivity index (χ1n) is 8.37. The fraction of sp³-hybridized carbons (Fsp3) is 0.444. The van der Waals surface area contributed by atoms with Crippen molar-refractivity contribution in [2.45, 2.75) is 30.6 Å². The molecule has 0 bridgehead atoms. The third kappa shape index (κ3) is 2.73. The summed E-state index contributed by atoms with van der Waals surface area (Å²) in [5.74, 6) is 0.744. The second-order valence-electron chi connectivity index (χ2n) is 6.48. The molecule has 0 N–H and O–H groups in total. The minimum absolute atomic E-state index is 0.0490. The minimum Gasteiger partial charge on any atom is -0.311 e. The highest BCUT2D eigenvalue weighted by Gasteiger charge is 2.32. The number of amides is 1. The van der Waals surface area contributed by atoms with E-state index in [1.54, 1.807) is 17.8 Å². The normalized spacial score (nSPS) is 20.2. The molecule has 0 spiro atoms. The number of nitrogens with zero attached hydrogens (tertiary/aromatic N) is 3. The zero-order chi connectivity index (χ0) is 16.7. The monoisotopic (exact) mass is 345 g/mol. The van der Waals surface area contributed by atoms with E-state index in [0.29, 0.717) is 6.54 Å². The zero-order valence-corrected chi connectivity index (χ0v) is 14.5. The van der Waals surface area contributed by atoms with Crippen molar-refractivity contribution in [3.05, 3.63) is 41.5 Å². The maximum atomic E-state index is 13.8. The first kappa shape index (κ1) is 15.7. The second kappa shape index (κ2) is 6.24. The maximum Gasteiger partial charge on any atom is 0.230 e. The van der Waals surface area contributed by atoms with Crippen molar-refractivity contribution >= 4 is 23.4 Å². The first-order valence-corrected chi connectivity index (χ1v) is 9.35. The van der Waals surface area contributed by atoms with Crippen molar-refractivity contribution in [1.82, 2.24) is 9.78 Å². The molecule has 2 aromatic rings. The second-order valence-corrected chi connectivity index (χ2v) is 7.62. The number of halogens is 1. The topological polar surface area (TPSA) is 38.1 Å². The van der Waals surface area contributed by atoms with E-state index >= 15 is 0 Å². The third-order valence-electron chi connectivity index (χ3n) is 4.96. The van der Waals surface area contributed by atoms with Crippen LogP contribution in [0.3, 0.4) is 0 Å². The van der Waals surface area contributed by atoms with Crippen LogP contribution in [-0.4, -0.2) is 28.0 Å². The number of thioether (sulfide) groups is 1. The van der Waals surface area contributed by atoms with Gasteiger partial charge in [-0.1, -0.05) is 0 Å². The summed E-state index contributed by atoms with van der Waals surface area (Å²) in [6.07, 6.45) is 5.28. The molecule has 1 aromatic carbocycles. The molecule has 0 unspecified atom stereocenters. The van der Waals surface area contributed by atoms with Crippen molar-refractivity contribution in [3.8, 4) is 0 Å². The fourth-order valence-electron chi connectivity index (χ4n) is 3.65. The lowest BCUT2D eigenvalue weighted by Crippen LogP contribution is -2.39. The molecular weight excluding hydrogens is 325 g/mol. The summed E-state index contributed by atoms with van der Waals surface area (Å²) >= 11 is 1.70. The van der Waals surface area contributed by atoms with Crippen molar-refractivity contribution in [2.24, 2.45) is 13.0 Å². The smallest absolute Gasteiger partial charge is 0.230 e. The Morgan fingerprint density at radius 3 is 3.17 bits per heavy atom. The molecule has 4 rings (SSSR count). The van der Waals surface area contributed by atoms with Crippen molar-refractivity contribution in [2.75, 3.05) is 17.2 Å². The number of aromatic nitrogens is 2. The molecule has 1 aromatic heterocycles. The summed E-state index contributed by atoms with van der Waals surface area (Å²) in [7, 11) is 1.93. The number of carbonyl (C=O) groups excluding carboxylic acids is 1. The lowest BCUT2D eigenvalue weighted by atomic mass is 9.87. The Morgan fingerprint density at radius 1 is 1.42 bits per heavy atom. The predicted octanol–water partition coefficient (Wildman–Crippen LogP) is 3.19. The van der Waals surface area contributed by atoms with Crippen LogP contribution in [0.5, 0.6) is 0 Å². The van der Waals surface area contributed by atoms with Gasteiger partial charge in [-0.15, -0.1) is 11.8 Å². The molecule has 1 aliphatic heterocycles. The number of benzene rings is 1. The molecule has 24 heavy (non-hydrogen) atoms. The standard InChI is InChI=1S/C18H20FN3OS/c1-21-15-9-12(3-4-13(15)11-20-21)18(23)22-7-2-8-24-17-6-5-14(19)10-16(17)22/h5-6,10-12H,2-4,7-9H2,1H3/t12-/m1/s1. The van der Waals surface area contributed by atoms with E-state index in [4.69, 9.17) is 0 Å². The molecule has 2 heterocycles. The third-order valence-corrected chi connectivity index (χ3v) is 6.11. The van der Waals surface area contributed by atoms with Crippen molar-refractivity contribution in [3.63, 3.8) is 0 Å². The largest absolute Gasteiger partial charge is 0.311 e. The Hall–Kier alpha value is -1.82. The molecule has 0 radical (unpaired) electrons. The molecule has 1 amide bonds. The van der Waals surface area contributed by atoms with Crippen LogP contribution in [0.15, 0.2) is 29.3 Å². The van der Waals surface area contributed by atoms with Crippen LogP contribution in [0.4, 0.5) is 10.1 Å². The average molecular weight is 345 g/mol. The molecule has 0 saturated heterocycles. The minimum atomic E-state index is -0.286. The van der Waals surface area contributed by atoms with E-state index in [9.17, 15) is 9.18 Å². The van der Waals surface area contributed by atoms with Gasteiger partial charge in [-0.25, -0.2) is 4.39 Å². The lowest BCUT2D eigenvalue weighted by Gasteiger charge is -2.29. The van der Waals surface area contributed by atoms with Gasteiger partial charge in [0, 0.05) is 36.5 Å². The Labute approximate surface area is 145 Å². The Kier molecular flexibility index (Phi) is 4.08. The van der Waals surface area contributed by atoms with Crippen LogP contribution < -0.4 is 4.90 Å². The molecule has 1 atom stereocenters.